The van der Waals surface area contributed by atoms with Gasteiger partial charge in [0, 0.05) is 44.5 Å². The molecule has 0 spiro atoms. The lowest BCUT2D eigenvalue weighted by Gasteiger charge is -2.33. The first-order valence-electron chi connectivity index (χ1n) is 10.5. The lowest BCUT2D eigenvalue weighted by atomic mass is 9.91. The Labute approximate surface area is 180 Å². The Morgan fingerprint density at radius 1 is 1.17 bits per heavy atom. The van der Waals surface area contributed by atoms with E-state index >= 15 is 0 Å². The number of carbonyl (C=O) groups is 2. The van der Waals surface area contributed by atoms with E-state index in [2.05, 4.69) is 39.9 Å². The third-order valence-electron chi connectivity index (χ3n) is 5.03. The first kappa shape index (κ1) is 23.5. The first-order valence-corrected chi connectivity index (χ1v) is 10.5. The second kappa shape index (κ2) is 9.83. The summed E-state index contributed by atoms with van der Waals surface area (Å²) in [6.45, 7) is 10.9. The Morgan fingerprint density at radius 3 is 2.40 bits per heavy atom. The molecule has 0 aliphatic rings. The molecule has 1 aromatic heterocycles. The molecular weight excluding hydrogens is 378 g/mol. The smallest absolute Gasteiger partial charge is 0.291 e. The van der Waals surface area contributed by atoms with Gasteiger partial charge in [-0.2, -0.15) is 0 Å². The highest BCUT2D eigenvalue weighted by Crippen LogP contribution is 2.28. The number of nitrogens with one attached hydrogen (secondary N) is 1. The number of benzene rings is 1. The Morgan fingerprint density at radius 2 is 1.87 bits per heavy atom. The van der Waals surface area contributed by atoms with Crippen molar-refractivity contribution in [2.75, 3.05) is 24.3 Å². The van der Waals surface area contributed by atoms with Crippen molar-refractivity contribution < 1.29 is 14.0 Å². The van der Waals surface area contributed by atoms with Crippen LogP contribution in [0.25, 0.3) is 0 Å². The number of amides is 2. The summed E-state index contributed by atoms with van der Waals surface area (Å²) in [5.41, 5.74) is 2.60. The third-order valence-corrected chi connectivity index (χ3v) is 5.03. The van der Waals surface area contributed by atoms with Crippen molar-refractivity contribution in [3.05, 3.63) is 47.9 Å². The van der Waals surface area contributed by atoms with Gasteiger partial charge in [0.1, 0.15) is 0 Å². The molecular formula is C24H35N3O3. The summed E-state index contributed by atoms with van der Waals surface area (Å²) in [6.07, 6.45) is 2.84. The quantitative estimate of drug-likeness (QED) is 0.649. The molecule has 0 saturated heterocycles. The zero-order valence-electron chi connectivity index (χ0n) is 19.3. The molecule has 2 rings (SSSR count). The fourth-order valence-electron chi connectivity index (χ4n) is 3.28. The normalized spacial score (nSPS) is 12.4. The number of anilines is 2. The minimum absolute atomic E-state index is 0.0773. The average Bonchev–Trinajstić information content (AvgIpc) is 3.18. The maximum Gasteiger partial charge on any atom is 0.291 e. The standard InChI is InChI=1S/C24H35N3O3/c1-8-17(2)27(22(28)15-24(3,4)5)16-18-14-19(11-12-20(18)26(6)7)25-23(29)21-10-9-13-30-21/h9-14,17H,8,15-16H2,1-7H3,(H,25,29)/t17-/m0/s1. The van der Waals surface area contributed by atoms with Crippen molar-refractivity contribution in [1.82, 2.24) is 4.90 Å². The van der Waals surface area contributed by atoms with Gasteiger partial charge in [0.25, 0.3) is 5.91 Å². The topological polar surface area (TPSA) is 65.8 Å². The minimum Gasteiger partial charge on any atom is -0.459 e. The predicted octanol–water partition coefficient (Wildman–Crippen LogP) is 5.16. The second-order valence-electron chi connectivity index (χ2n) is 9.19. The average molecular weight is 414 g/mol. The third kappa shape index (κ3) is 6.37. The van der Waals surface area contributed by atoms with E-state index in [1.807, 2.05) is 42.1 Å². The molecule has 2 aromatic rings. The summed E-state index contributed by atoms with van der Waals surface area (Å²) < 4.78 is 5.17. The van der Waals surface area contributed by atoms with E-state index in [0.717, 1.165) is 17.7 Å². The number of hydrogen-bond acceptors (Lipinski definition) is 4. The van der Waals surface area contributed by atoms with Gasteiger partial charge in [-0.25, -0.2) is 0 Å². The highest BCUT2D eigenvalue weighted by atomic mass is 16.3. The van der Waals surface area contributed by atoms with Gasteiger partial charge in [-0.1, -0.05) is 27.7 Å². The fourth-order valence-corrected chi connectivity index (χ4v) is 3.28. The Kier molecular flexibility index (Phi) is 7.71. The van der Waals surface area contributed by atoms with Gasteiger partial charge in [0.05, 0.1) is 6.26 Å². The van der Waals surface area contributed by atoms with Crippen LogP contribution in [-0.4, -0.2) is 36.9 Å². The van der Waals surface area contributed by atoms with E-state index in [9.17, 15) is 9.59 Å². The fraction of sp³-hybridized carbons (Fsp3) is 0.500. The molecule has 6 nitrogen and oxygen atoms in total. The van der Waals surface area contributed by atoms with Gasteiger partial charge in [-0.15, -0.1) is 0 Å². The van der Waals surface area contributed by atoms with Crippen molar-refractivity contribution in [1.29, 1.82) is 0 Å². The molecule has 1 N–H and O–H groups in total. The molecule has 30 heavy (non-hydrogen) atoms. The number of hydrogen-bond donors (Lipinski definition) is 1. The monoisotopic (exact) mass is 413 g/mol. The summed E-state index contributed by atoms with van der Waals surface area (Å²) in [7, 11) is 3.95. The molecule has 0 unspecified atom stereocenters. The molecule has 0 saturated carbocycles. The van der Waals surface area contributed by atoms with Gasteiger partial charge in [0.15, 0.2) is 5.76 Å². The molecule has 164 valence electrons. The zero-order valence-corrected chi connectivity index (χ0v) is 19.3. The highest BCUT2D eigenvalue weighted by Gasteiger charge is 2.25. The van der Waals surface area contributed by atoms with Crippen molar-refractivity contribution in [2.45, 2.75) is 60.0 Å². The van der Waals surface area contributed by atoms with Crippen molar-refractivity contribution in [3.63, 3.8) is 0 Å². The summed E-state index contributed by atoms with van der Waals surface area (Å²) in [5, 5.41) is 2.88. The van der Waals surface area contributed by atoms with E-state index in [1.54, 1.807) is 12.1 Å². The van der Waals surface area contributed by atoms with Gasteiger partial charge >= 0.3 is 0 Å². The summed E-state index contributed by atoms with van der Waals surface area (Å²) in [5.74, 6) is 0.104. The van der Waals surface area contributed by atoms with E-state index in [1.165, 1.54) is 6.26 Å². The first-order chi connectivity index (χ1) is 14.0. The van der Waals surface area contributed by atoms with Gasteiger partial charge < -0.3 is 19.5 Å². The van der Waals surface area contributed by atoms with E-state index in [0.29, 0.717) is 18.7 Å². The molecule has 1 heterocycles. The molecule has 1 atom stereocenters. The molecule has 0 radical (unpaired) electrons. The molecule has 0 bridgehead atoms. The lowest BCUT2D eigenvalue weighted by molar-refractivity contribution is -0.135. The predicted molar refractivity (Wildman–Crippen MR) is 122 cm³/mol. The number of nitrogens with zero attached hydrogens (tertiary/aromatic N) is 2. The number of rotatable bonds is 8. The van der Waals surface area contributed by atoms with Crippen LogP contribution in [0.4, 0.5) is 11.4 Å². The number of carbonyl (C=O) groups excluding carboxylic acids is 2. The molecule has 0 aliphatic heterocycles. The van der Waals surface area contributed by atoms with Crippen LogP contribution >= 0.6 is 0 Å². The largest absolute Gasteiger partial charge is 0.459 e. The lowest BCUT2D eigenvalue weighted by Crippen LogP contribution is -2.39. The summed E-state index contributed by atoms with van der Waals surface area (Å²) >= 11 is 0. The van der Waals surface area contributed by atoms with E-state index in [-0.39, 0.29) is 29.0 Å². The summed E-state index contributed by atoms with van der Waals surface area (Å²) in [6, 6.07) is 9.20. The van der Waals surface area contributed by atoms with Crippen LogP contribution in [-0.2, 0) is 11.3 Å². The van der Waals surface area contributed by atoms with Gasteiger partial charge in [-0.05, 0) is 54.7 Å². The highest BCUT2D eigenvalue weighted by molar-refractivity contribution is 6.02. The van der Waals surface area contributed by atoms with E-state index in [4.69, 9.17) is 4.42 Å². The summed E-state index contributed by atoms with van der Waals surface area (Å²) in [4.78, 5) is 29.4. The van der Waals surface area contributed by atoms with Gasteiger partial charge in [-0.3, -0.25) is 9.59 Å². The second-order valence-corrected chi connectivity index (χ2v) is 9.19. The minimum atomic E-state index is -0.300. The Hall–Kier alpha value is -2.76. The van der Waals surface area contributed by atoms with Gasteiger partial charge in [0.2, 0.25) is 5.91 Å². The van der Waals surface area contributed by atoms with Crippen LogP contribution in [0.2, 0.25) is 0 Å². The van der Waals surface area contributed by atoms with Crippen LogP contribution in [0.1, 0.15) is 63.6 Å². The van der Waals surface area contributed by atoms with Crippen LogP contribution in [0.3, 0.4) is 0 Å². The maximum atomic E-state index is 13.1. The Bertz CT molecular complexity index is 851. The van der Waals surface area contributed by atoms with Crippen LogP contribution < -0.4 is 10.2 Å². The molecule has 0 aliphatic carbocycles. The molecule has 6 heteroatoms. The van der Waals surface area contributed by atoms with Crippen molar-refractivity contribution in [3.8, 4) is 0 Å². The zero-order chi connectivity index (χ0) is 22.5. The molecule has 0 fully saturated rings. The van der Waals surface area contributed by atoms with Crippen LogP contribution in [0, 0.1) is 5.41 Å². The Balaban J connectivity index is 2.33. The molecule has 2 amide bonds. The van der Waals surface area contributed by atoms with Crippen LogP contribution in [0.15, 0.2) is 41.0 Å². The van der Waals surface area contributed by atoms with Crippen LogP contribution in [0.5, 0.6) is 0 Å². The molecule has 1 aromatic carbocycles. The van der Waals surface area contributed by atoms with E-state index < -0.39 is 0 Å². The van der Waals surface area contributed by atoms with Crippen molar-refractivity contribution in [2.24, 2.45) is 5.41 Å². The van der Waals surface area contributed by atoms with Crippen molar-refractivity contribution >= 4 is 23.2 Å². The SMILES string of the molecule is CC[C@H](C)N(Cc1cc(NC(=O)c2ccco2)ccc1N(C)C)C(=O)CC(C)(C)C. The number of furan rings is 1. The maximum absolute atomic E-state index is 13.1.